The lowest BCUT2D eigenvalue weighted by molar-refractivity contribution is 0.102. The molecule has 11 nitrogen and oxygen atoms in total. The van der Waals surface area contributed by atoms with Crippen molar-refractivity contribution >= 4 is 17.4 Å². The van der Waals surface area contributed by atoms with Gasteiger partial charge in [-0.25, -0.2) is 19.3 Å². The van der Waals surface area contributed by atoms with Gasteiger partial charge in [-0.05, 0) is 12.1 Å². The van der Waals surface area contributed by atoms with E-state index in [2.05, 4.69) is 30.5 Å². The molecule has 0 bridgehead atoms. The zero-order valence-corrected chi connectivity index (χ0v) is 16.8. The average molecular weight is 446 g/mol. The maximum absolute atomic E-state index is 14.2. The topological polar surface area (TPSA) is 151 Å². The van der Waals surface area contributed by atoms with Gasteiger partial charge in [0, 0.05) is 11.6 Å². The molecule has 0 aliphatic carbocycles. The summed E-state index contributed by atoms with van der Waals surface area (Å²) in [5.41, 5.74) is 8.22. The number of nitrogens with zero attached hydrogens (tertiary/aromatic N) is 6. The highest BCUT2D eigenvalue weighted by molar-refractivity contribution is 6.03. The predicted octanol–water partition coefficient (Wildman–Crippen LogP) is 3.01. The summed E-state index contributed by atoms with van der Waals surface area (Å²) in [4.78, 5) is 24.4. The van der Waals surface area contributed by atoms with Crippen LogP contribution in [0.5, 0.6) is 0 Å². The molecule has 0 fully saturated rings. The van der Waals surface area contributed by atoms with Gasteiger partial charge in [-0.3, -0.25) is 9.48 Å². The Morgan fingerprint density at radius 3 is 2.79 bits per heavy atom. The van der Waals surface area contributed by atoms with Crippen LogP contribution in [0.15, 0.2) is 70.5 Å². The van der Waals surface area contributed by atoms with E-state index in [1.165, 1.54) is 24.8 Å². The van der Waals surface area contributed by atoms with Gasteiger partial charge < -0.3 is 20.0 Å². The Hall–Kier alpha value is -4.87. The number of nitrogens with two attached hydrogens (primary N) is 1. The zero-order chi connectivity index (χ0) is 22.8. The molecular weight excluding hydrogens is 431 g/mol. The summed E-state index contributed by atoms with van der Waals surface area (Å²) in [6, 6.07) is 9.77. The van der Waals surface area contributed by atoms with Crippen LogP contribution in [-0.4, -0.2) is 35.8 Å². The van der Waals surface area contributed by atoms with Crippen molar-refractivity contribution in [2.24, 2.45) is 0 Å². The van der Waals surface area contributed by atoms with Crippen molar-refractivity contribution in [3.8, 4) is 22.9 Å². The molecule has 0 atom stereocenters. The molecule has 0 unspecified atom stereocenters. The number of hydrogen-bond donors (Lipinski definition) is 2. The van der Waals surface area contributed by atoms with Crippen LogP contribution in [0.2, 0.25) is 0 Å². The maximum atomic E-state index is 14.2. The van der Waals surface area contributed by atoms with Gasteiger partial charge in [-0.1, -0.05) is 23.4 Å². The Morgan fingerprint density at radius 1 is 1.18 bits per heavy atom. The van der Waals surface area contributed by atoms with E-state index in [0.717, 1.165) is 6.39 Å². The van der Waals surface area contributed by atoms with Gasteiger partial charge in [0.15, 0.2) is 23.7 Å². The molecule has 4 heterocycles. The molecule has 12 heteroatoms. The normalized spacial score (nSPS) is 10.9. The molecule has 5 aromatic rings. The minimum atomic E-state index is -0.519. The standard InChI is InChI=1S/C21H15FN8O3/c22-13-4-2-1-3-12(13)9-30-18(14-5-6-33-29-14)7-15(28-30)20-24-8-16(19(23)27-20)26-21(31)17-10-32-11-25-17/h1-8,10-11H,9H2,(H,26,31)(H2,23,24,27). The van der Waals surface area contributed by atoms with E-state index < -0.39 is 5.91 Å². The van der Waals surface area contributed by atoms with Crippen molar-refractivity contribution in [1.29, 1.82) is 0 Å². The van der Waals surface area contributed by atoms with Gasteiger partial charge in [0.25, 0.3) is 5.91 Å². The van der Waals surface area contributed by atoms with Gasteiger partial charge in [-0.15, -0.1) is 0 Å². The number of aromatic nitrogens is 6. The Morgan fingerprint density at radius 2 is 2.06 bits per heavy atom. The van der Waals surface area contributed by atoms with E-state index in [1.54, 1.807) is 35.0 Å². The van der Waals surface area contributed by atoms with Crippen LogP contribution in [0, 0.1) is 5.82 Å². The van der Waals surface area contributed by atoms with Crippen molar-refractivity contribution < 1.29 is 18.1 Å². The molecule has 0 saturated carbocycles. The predicted molar refractivity (Wildman–Crippen MR) is 113 cm³/mol. The van der Waals surface area contributed by atoms with E-state index in [-0.39, 0.29) is 35.4 Å². The molecule has 164 valence electrons. The van der Waals surface area contributed by atoms with Crippen LogP contribution in [0.3, 0.4) is 0 Å². The quantitative estimate of drug-likeness (QED) is 0.401. The monoisotopic (exact) mass is 446 g/mol. The summed E-state index contributed by atoms with van der Waals surface area (Å²) in [6.07, 6.45) is 5.13. The highest BCUT2D eigenvalue weighted by atomic mass is 19.1. The zero-order valence-electron chi connectivity index (χ0n) is 16.8. The second-order valence-corrected chi connectivity index (χ2v) is 6.87. The summed E-state index contributed by atoms with van der Waals surface area (Å²) < 4.78 is 25.5. The first-order valence-corrected chi connectivity index (χ1v) is 9.63. The van der Waals surface area contributed by atoms with Gasteiger partial charge in [0.2, 0.25) is 0 Å². The number of hydrogen-bond acceptors (Lipinski definition) is 9. The molecule has 3 N–H and O–H groups in total. The van der Waals surface area contributed by atoms with E-state index in [1.807, 2.05) is 0 Å². The molecule has 0 saturated heterocycles. The highest BCUT2D eigenvalue weighted by Crippen LogP contribution is 2.26. The Labute approximate surface area is 185 Å². The summed E-state index contributed by atoms with van der Waals surface area (Å²) in [5, 5.41) is 11.0. The number of nitrogens with one attached hydrogen (secondary N) is 1. The van der Waals surface area contributed by atoms with Crippen molar-refractivity contribution in [3.05, 3.63) is 78.6 Å². The molecule has 4 aromatic heterocycles. The second-order valence-electron chi connectivity index (χ2n) is 6.87. The molecule has 0 radical (unpaired) electrons. The first-order chi connectivity index (χ1) is 16.1. The number of amides is 1. The van der Waals surface area contributed by atoms with Gasteiger partial charge in [-0.2, -0.15) is 5.10 Å². The fraction of sp³-hybridized carbons (Fsp3) is 0.0476. The summed E-state index contributed by atoms with van der Waals surface area (Å²) in [7, 11) is 0. The van der Waals surface area contributed by atoms with E-state index >= 15 is 0 Å². The largest absolute Gasteiger partial charge is 0.451 e. The molecule has 33 heavy (non-hydrogen) atoms. The van der Waals surface area contributed by atoms with Gasteiger partial charge in [0.1, 0.15) is 35.4 Å². The number of anilines is 2. The number of benzene rings is 1. The number of oxazole rings is 1. The Balaban J connectivity index is 1.47. The summed E-state index contributed by atoms with van der Waals surface area (Å²) in [6.45, 7) is 0.149. The lowest BCUT2D eigenvalue weighted by atomic mass is 10.2. The number of carbonyl (C=O) groups excluding carboxylic acids is 1. The molecule has 1 aromatic carbocycles. The number of rotatable bonds is 6. The molecular formula is C21H15FN8O3. The maximum Gasteiger partial charge on any atom is 0.277 e. The van der Waals surface area contributed by atoms with Crippen LogP contribution >= 0.6 is 0 Å². The minimum absolute atomic E-state index is 0.0310. The third kappa shape index (κ3) is 4.04. The third-order valence-corrected chi connectivity index (χ3v) is 4.72. The summed E-state index contributed by atoms with van der Waals surface area (Å²) >= 11 is 0. The van der Waals surface area contributed by atoms with Gasteiger partial charge >= 0.3 is 0 Å². The van der Waals surface area contributed by atoms with Crippen molar-refractivity contribution in [1.82, 2.24) is 29.9 Å². The Kier molecular flexibility index (Phi) is 5.07. The lowest BCUT2D eigenvalue weighted by Crippen LogP contribution is -2.14. The van der Waals surface area contributed by atoms with E-state index in [9.17, 15) is 9.18 Å². The van der Waals surface area contributed by atoms with Crippen LogP contribution in [0.1, 0.15) is 16.1 Å². The van der Waals surface area contributed by atoms with Crippen molar-refractivity contribution in [2.75, 3.05) is 11.1 Å². The molecule has 1 amide bonds. The van der Waals surface area contributed by atoms with E-state index in [0.29, 0.717) is 22.6 Å². The number of carbonyl (C=O) groups is 1. The molecule has 0 aliphatic heterocycles. The smallest absolute Gasteiger partial charge is 0.277 e. The Bertz CT molecular complexity index is 1410. The van der Waals surface area contributed by atoms with Gasteiger partial charge in [0.05, 0.1) is 18.4 Å². The first kappa shape index (κ1) is 20.1. The average Bonchev–Trinajstić information content (AvgIpc) is 3.58. The van der Waals surface area contributed by atoms with E-state index in [4.69, 9.17) is 14.7 Å². The molecule has 5 rings (SSSR count). The van der Waals surface area contributed by atoms with Crippen LogP contribution in [-0.2, 0) is 6.54 Å². The van der Waals surface area contributed by atoms with Crippen molar-refractivity contribution in [2.45, 2.75) is 6.54 Å². The van der Waals surface area contributed by atoms with Crippen LogP contribution in [0.4, 0.5) is 15.9 Å². The fourth-order valence-electron chi connectivity index (χ4n) is 3.11. The lowest BCUT2D eigenvalue weighted by Gasteiger charge is -2.07. The molecule has 0 aliphatic rings. The highest BCUT2D eigenvalue weighted by Gasteiger charge is 2.18. The van der Waals surface area contributed by atoms with Crippen LogP contribution < -0.4 is 11.1 Å². The first-order valence-electron chi connectivity index (χ1n) is 9.63. The SMILES string of the molecule is Nc1nc(-c2cc(-c3ccon3)n(Cc3ccccc3F)n2)ncc1NC(=O)c1cocn1. The second kappa shape index (κ2) is 8.34. The summed E-state index contributed by atoms with van der Waals surface area (Å²) in [5.74, 6) is -0.630. The third-order valence-electron chi connectivity index (χ3n) is 4.72. The van der Waals surface area contributed by atoms with Crippen LogP contribution in [0.25, 0.3) is 22.9 Å². The number of halogens is 1. The number of nitrogen functional groups attached to an aromatic ring is 1. The molecule has 0 spiro atoms. The minimum Gasteiger partial charge on any atom is -0.451 e. The van der Waals surface area contributed by atoms with Crippen molar-refractivity contribution in [3.63, 3.8) is 0 Å². The fourth-order valence-corrected chi connectivity index (χ4v) is 3.11.